The average molecular weight is 451 g/mol. The van der Waals surface area contributed by atoms with Gasteiger partial charge in [-0.25, -0.2) is 9.36 Å². The average Bonchev–Trinajstić information content (AvgIpc) is 3.03. The highest BCUT2D eigenvalue weighted by Gasteiger charge is 2.20. The lowest BCUT2D eigenvalue weighted by atomic mass is 10.2. The lowest BCUT2D eigenvalue weighted by Crippen LogP contribution is -2.41. The fourth-order valence-corrected chi connectivity index (χ4v) is 3.98. The molecule has 0 radical (unpaired) electrons. The molecule has 0 aliphatic heterocycles. The summed E-state index contributed by atoms with van der Waals surface area (Å²) in [6.07, 6.45) is 0. The molecule has 1 amide bonds. The molecule has 0 aliphatic carbocycles. The fourth-order valence-electron chi connectivity index (χ4n) is 3.81. The first-order valence-corrected chi connectivity index (χ1v) is 10.5. The van der Waals surface area contributed by atoms with E-state index in [1.54, 1.807) is 61.0 Å². The zero-order valence-electron chi connectivity index (χ0n) is 18.3. The van der Waals surface area contributed by atoms with Gasteiger partial charge in [-0.05, 0) is 62.2 Å². The van der Waals surface area contributed by atoms with Gasteiger partial charge in [0, 0.05) is 23.5 Å². The number of anilines is 1. The van der Waals surface area contributed by atoms with Gasteiger partial charge in [-0.2, -0.15) is 0 Å². The van der Waals surface area contributed by atoms with Gasteiger partial charge in [0.1, 0.15) is 12.1 Å². The van der Waals surface area contributed by atoms with Crippen LogP contribution in [0.2, 0.25) is 5.02 Å². The quantitative estimate of drug-likeness (QED) is 0.515. The number of carbonyl (C=O) groups excluding carboxylic acids is 1. The highest BCUT2D eigenvalue weighted by molar-refractivity contribution is 6.31. The van der Waals surface area contributed by atoms with Crippen molar-refractivity contribution < 1.29 is 4.79 Å². The summed E-state index contributed by atoms with van der Waals surface area (Å²) in [6, 6.07) is 14.1. The van der Waals surface area contributed by atoms with Crippen molar-refractivity contribution in [1.29, 1.82) is 0 Å². The number of hydrogen-bond acceptors (Lipinski definition) is 3. The number of carbonyl (C=O) groups is 1. The molecule has 2 aromatic carbocycles. The Bertz CT molecular complexity index is 1490. The lowest BCUT2D eigenvalue weighted by molar-refractivity contribution is -0.116. The second-order valence-electron chi connectivity index (χ2n) is 7.89. The fraction of sp³-hybridized carbons (Fsp3) is 0.208. The number of nitrogens with one attached hydrogen (secondary N) is 1. The molecular weight excluding hydrogens is 428 g/mol. The summed E-state index contributed by atoms with van der Waals surface area (Å²) in [4.78, 5) is 39.7. The molecular formula is C24H23ClN4O3. The van der Waals surface area contributed by atoms with Crippen molar-refractivity contribution in [3.63, 3.8) is 0 Å². The first kappa shape index (κ1) is 21.6. The van der Waals surface area contributed by atoms with Gasteiger partial charge in [0.2, 0.25) is 5.91 Å². The van der Waals surface area contributed by atoms with Crippen LogP contribution < -0.4 is 16.6 Å². The van der Waals surface area contributed by atoms with Crippen LogP contribution in [0.3, 0.4) is 0 Å². The minimum Gasteiger partial charge on any atom is -0.342 e. The van der Waals surface area contributed by atoms with Crippen molar-refractivity contribution in [3.05, 3.63) is 91.2 Å². The molecule has 0 bridgehead atoms. The number of fused-ring (bicyclic) bond motifs is 1. The van der Waals surface area contributed by atoms with E-state index in [-0.39, 0.29) is 6.54 Å². The molecule has 2 aromatic heterocycles. The summed E-state index contributed by atoms with van der Waals surface area (Å²) in [5.41, 5.74) is 3.27. The zero-order chi connectivity index (χ0) is 23.2. The molecule has 7 nitrogen and oxygen atoms in total. The van der Waals surface area contributed by atoms with Crippen LogP contribution in [0.25, 0.3) is 16.7 Å². The first-order valence-electron chi connectivity index (χ1n) is 10.1. The largest absolute Gasteiger partial charge is 0.342 e. The van der Waals surface area contributed by atoms with Crippen molar-refractivity contribution in [2.24, 2.45) is 7.05 Å². The maximum absolute atomic E-state index is 13.5. The number of aromatic nitrogens is 3. The Morgan fingerprint density at radius 2 is 1.75 bits per heavy atom. The number of rotatable bonds is 4. The molecule has 0 atom stereocenters. The highest BCUT2D eigenvalue weighted by atomic mass is 35.5. The van der Waals surface area contributed by atoms with Gasteiger partial charge < -0.3 is 9.88 Å². The Balaban J connectivity index is 1.88. The number of halogens is 1. The topological polar surface area (TPSA) is 78.0 Å². The third-order valence-electron chi connectivity index (χ3n) is 5.67. The van der Waals surface area contributed by atoms with Crippen LogP contribution in [-0.4, -0.2) is 19.6 Å². The van der Waals surface area contributed by atoms with E-state index < -0.39 is 17.2 Å². The minimum absolute atomic E-state index is 0.253. The Hall–Kier alpha value is -3.58. The molecule has 0 unspecified atom stereocenters. The van der Waals surface area contributed by atoms with Gasteiger partial charge in [-0.15, -0.1) is 0 Å². The zero-order valence-corrected chi connectivity index (χ0v) is 19.0. The van der Waals surface area contributed by atoms with Gasteiger partial charge in [-0.3, -0.25) is 14.2 Å². The second kappa shape index (κ2) is 8.16. The molecule has 0 saturated heterocycles. The number of aryl methyl sites for hydroxylation is 3. The van der Waals surface area contributed by atoms with E-state index in [0.29, 0.717) is 27.4 Å². The van der Waals surface area contributed by atoms with Crippen molar-refractivity contribution in [2.45, 2.75) is 27.3 Å². The van der Waals surface area contributed by atoms with Crippen molar-refractivity contribution in [3.8, 4) is 5.69 Å². The SMILES string of the molecule is Cc1cccc(-n2c(=O)c3c(cc(C)n3C)n(CC(=O)Nc3cccc(Cl)c3C)c2=O)c1. The first-order chi connectivity index (χ1) is 15.2. The molecule has 8 heteroatoms. The van der Waals surface area contributed by atoms with Crippen molar-refractivity contribution >= 4 is 34.2 Å². The predicted octanol–water partition coefficient (Wildman–Crippen LogP) is 3.71. The van der Waals surface area contributed by atoms with Gasteiger partial charge in [0.05, 0.1) is 11.2 Å². The lowest BCUT2D eigenvalue weighted by Gasteiger charge is -2.14. The van der Waals surface area contributed by atoms with Crippen LogP contribution in [0, 0.1) is 20.8 Å². The Labute approximate surface area is 189 Å². The van der Waals surface area contributed by atoms with Gasteiger partial charge in [0.15, 0.2) is 0 Å². The summed E-state index contributed by atoms with van der Waals surface area (Å²) >= 11 is 6.15. The van der Waals surface area contributed by atoms with E-state index >= 15 is 0 Å². The molecule has 4 aromatic rings. The number of amides is 1. The van der Waals surface area contributed by atoms with Gasteiger partial charge >= 0.3 is 5.69 Å². The van der Waals surface area contributed by atoms with E-state index in [2.05, 4.69) is 5.32 Å². The number of benzene rings is 2. The summed E-state index contributed by atoms with van der Waals surface area (Å²) in [5, 5.41) is 3.35. The second-order valence-corrected chi connectivity index (χ2v) is 8.29. The van der Waals surface area contributed by atoms with Crippen LogP contribution in [-0.2, 0) is 18.4 Å². The normalized spacial score (nSPS) is 11.2. The van der Waals surface area contributed by atoms with Crippen molar-refractivity contribution in [2.75, 3.05) is 5.32 Å². The van der Waals surface area contributed by atoms with Crippen LogP contribution >= 0.6 is 11.6 Å². The summed E-state index contributed by atoms with van der Waals surface area (Å²) in [5.74, 6) is -0.394. The standard InChI is InChI=1S/C24H23ClN4O3/c1-14-7-5-8-17(11-14)29-23(31)22-20(12-15(2)27(22)4)28(24(29)32)13-21(30)26-19-10-6-9-18(25)16(19)3/h5-12H,13H2,1-4H3,(H,26,30). The molecule has 0 fully saturated rings. The van der Waals surface area contributed by atoms with Crippen molar-refractivity contribution in [1.82, 2.24) is 13.7 Å². The molecule has 0 saturated carbocycles. The molecule has 164 valence electrons. The monoisotopic (exact) mass is 450 g/mol. The summed E-state index contributed by atoms with van der Waals surface area (Å²) in [6.45, 7) is 5.29. The van der Waals surface area contributed by atoms with E-state index in [9.17, 15) is 14.4 Å². The van der Waals surface area contributed by atoms with E-state index in [0.717, 1.165) is 21.4 Å². The third-order valence-corrected chi connectivity index (χ3v) is 6.08. The van der Waals surface area contributed by atoms with E-state index in [1.807, 2.05) is 19.9 Å². The minimum atomic E-state index is -0.573. The molecule has 4 rings (SSSR count). The Kier molecular flexibility index (Phi) is 5.52. The van der Waals surface area contributed by atoms with E-state index in [1.165, 1.54) is 4.57 Å². The summed E-state index contributed by atoms with van der Waals surface area (Å²) in [7, 11) is 1.77. The maximum atomic E-state index is 13.5. The smallest absolute Gasteiger partial charge is 0.336 e. The van der Waals surface area contributed by atoms with Crippen LogP contribution in [0.5, 0.6) is 0 Å². The van der Waals surface area contributed by atoms with E-state index in [4.69, 9.17) is 11.6 Å². The van der Waals surface area contributed by atoms with Crippen LogP contribution in [0.1, 0.15) is 16.8 Å². The molecule has 2 heterocycles. The molecule has 0 spiro atoms. The maximum Gasteiger partial charge on any atom is 0.336 e. The van der Waals surface area contributed by atoms with Crippen LogP contribution in [0.4, 0.5) is 5.69 Å². The Morgan fingerprint density at radius 1 is 1.03 bits per heavy atom. The third kappa shape index (κ3) is 3.65. The molecule has 0 aliphatic rings. The Morgan fingerprint density at radius 3 is 2.47 bits per heavy atom. The molecule has 32 heavy (non-hydrogen) atoms. The van der Waals surface area contributed by atoms with Gasteiger partial charge in [-0.1, -0.05) is 29.8 Å². The highest BCUT2D eigenvalue weighted by Crippen LogP contribution is 2.23. The van der Waals surface area contributed by atoms with Crippen LogP contribution in [0.15, 0.2) is 58.1 Å². The molecule has 1 N–H and O–H groups in total. The van der Waals surface area contributed by atoms with Gasteiger partial charge in [0.25, 0.3) is 5.56 Å². The number of hydrogen-bond donors (Lipinski definition) is 1. The summed E-state index contributed by atoms with van der Waals surface area (Å²) < 4.78 is 4.19. The predicted molar refractivity (Wildman–Crippen MR) is 127 cm³/mol. The number of nitrogens with zero attached hydrogens (tertiary/aromatic N) is 3.